The van der Waals surface area contributed by atoms with Crippen molar-refractivity contribution in [1.82, 2.24) is 26.4 Å². The van der Waals surface area contributed by atoms with E-state index in [-0.39, 0.29) is 18.1 Å². The van der Waals surface area contributed by atoms with E-state index in [0.29, 0.717) is 6.42 Å². The minimum atomic E-state index is -0.0266. The van der Waals surface area contributed by atoms with E-state index >= 15 is 0 Å². The predicted octanol–water partition coefficient (Wildman–Crippen LogP) is 1.14. The highest BCUT2D eigenvalue weighted by molar-refractivity contribution is 5.76. The molecule has 2 atom stereocenters. The Labute approximate surface area is 162 Å². The van der Waals surface area contributed by atoms with Crippen LogP contribution < -0.4 is 26.2 Å². The Morgan fingerprint density at radius 1 is 1.19 bits per heavy atom. The van der Waals surface area contributed by atoms with E-state index in [9.17, 15) is 4.79 Å². The number of benzene rings is 1. The van der Waals surface area contributed by atoms with Crippen LogP contribution in [0.15, 0.2) is 24.3 Å². The molecule has 0 bridgehead atoms. The molecule has 2 unspecified atom stereocenters. The van der Waals surface area contributed by atoms with Crippen molar-refractivity contribution in [1.29, 1.82) is 0 Å². The van der Waals surface area contributed by atoms with Crippen LogP contribution in [0.2, 0.25) is 0 Å². The van der Waals surface area contributed by atoms with Crippen LogP contribution >= 0.6 is 0 Å². The lowest BCUT2D eigenvalue weighted by atomic mass is 10.0. The van der Waals surface area contributed by atoms with Crippen LogP contribution in [0.25, 0.3) is 0 Å². The van der Waals surface area contributed by atoms with Crippen molar-refractivity contribution >= 4 is 5.91 Å². The van der Waals surface area contributed by atoms with Gasteiger partial charge in [-0.3, -0.25) is 4.79 Å². The van der Waals surface area contributed by atoms with Crippen molar-refractivity contribution in [2.45, 2.75) is 44.3 Å². The SMILES string of the molecule is COc1ccc(C2CC(NC(=O)CCCCN3CCCNCC3)NN2)cc1. The van der Waals surface area contributed by atoms with Crippen molar-refractivity contribution in [3.63, 3.8) is 0 Å². The molecular weight excluding hydrogens is 342 g/mol. The molecule has 0 spiro atoms. The van der Waals surface area contributed by atoms with E-state index in [0.717, 1.165) is 51.2 Å². The second-order valence-corrected chi connectivity index (χ2v) is 7.37. The first kappa shape index (κ1) is 20.1. The topological polar surface area (TPSA) is 77.7 Å². The van der Waals surface area contributed by atoms with E-state index in [1.54, 1.807) is 7.11 Å². The molecule has 2 saturated heterocycles. The summed E-state index contributed by atoms with van der Waals surface area (Å²) in [4.78, 5) is 14.7. The van der Waals surface area contributed by atoms with Gasteiger partial charge in [-0.15, -0.1) is 0 Å². The lowest BCUT2D eigenvalue weighted by Crippen LogP contribution is -2.44. The van der Waals surface area contributed by atoms with Crippen molar-refractivity contribution < 1.29 is 9.53 Å². The van der Waals surface area contributed by atoms with Crippen LogP contribution in [0.3, 0.4) is 0 Å². The van der Waals surface area contributed by atoms with Crippen molar-refractivity contribution in [3.8, 4) is 5.75 Å². The smallest absolute Gasteiger partial charge is 0.221 e. The third kappa shape index (κ3) is 6.46. The molecular formula is C20H33N5O2. The minimum Gasteiger partial charge on any atom is -0.497 e. The molecule has 2 aliphatic rings. The molecule has 7 nitrogen and oxygen atoms in total. The van der Waals surface area contributed by atoms with Crippen LogP contribution in [-0.4, -0.2) is 56.8 Å². The van der Waals surface area contributed by atoms with Crippen LogP contribution in [0.1, 0.15) is 43.7 Å². The summed E-state index contributed by atoms with van der Waals surface area (Å²) in [5.74, 6) is 0.980. The number of carbonyl (C=O) groups is 1. The zero-order valence-corrected chi connectivity index (χ0v) is 16.3. The third-order valence-electron chi connectivity index (χ3n) is 5.32. The van der Waals surface area contributed by atoms with Gasteiger partial charge < -0.3 is 20.3 Å². The first-order valence-electron chi connectivity index (χ1n) is 10.1. The van der Waals surface area contributed by atoms with Crippen LogP contribution in [0.5, 0.6) is 5.75 Å². The Morgan fingerprint density at radius 3 is 2.85 bits per heavy atom. The summed E-state index contributed by atoms with van der Waals surface area (Å²) in [5, 5.41) is 6.51. The average Bonchev–Trinajstić information content (AvgIpc) is 2.99. The van der Waals surface area contributed by atoms with Crippen LogP contribution in [0, 0.1) is 0 Å². The van der Waals surface area contributed by atoms with Crippen molar-refractivity contribution in [2.75, 3.05) is 39.8 Å². The first-order chi connectivity index (χ1) is 13.2. The number of hydrazine groups is 1. The zero-order chi connectivity index (χ0) is 18.9. The second-order valence-electron chi connectivity index (χ2n) is 7.37. The summed E-state index contributed by atoms with van der Waals surface area (Å²) in [6.45, 7) is 5.59. The molecule has 1 amide bonds. The highest BCUT2D eigenvalue weighted by Gasteiger charge is 2.25. The molecule has 0 saturated carbocycles. The van der Waals surface area contributed by atoms with Gasteiger partial charge in [-0.05, 0) is 56.6 Å². The van der Waals surface area contributed by atoms with Crippen molar-refractivity contribution in [2.24, 2.45) is 0 Å². The van der Waals surface area contributed by atoms with Crippen molar-refractivity contribution in [3.05, 3.63) is 29.8 Å². The number of hydrogen-bond acceptors (Lipinski definition) is 6. The molecule has 0 aliphatic carbocycles. The number of amides is 1. The summed E-state index contributed by atoms with van der Waals surface area (Å²) in [6.07, 6.45) is 4.64. The maximum Gasteiger partial charge on any atom is 0.221 e. The first-order valence-corrected chi connectivity index (χ1v) is 10.1. The number of rotatable bonds is 8. The fourth-order valence-corrected chi connectivity index (χ4v) is 3.72. The summed E-state index contributed by atoms with van der Waals surface area (Å²) in [5.41, 5.74) is 7.64. The van der Waals surface area contributed by atoms with E-state index in [2.05, 4.69) is 38.5 Å². The van der Waals surface area contributed by atoms with Gasteiger partial charge in [0.1, 0.15) is 5.75 Å². The molecule has 0 radical (unpaired) electrons. The van der Waals surface area contributed by atoms with Gasteiger partial charge in [-0.1, -0.05) is 12.1 Å². The highest BCUT2D eigenvalue weighted by Crippen LogP contribution is 2.23. The largest absolute Gasteiger partial charge is 0.497 e. The van der Waals surface area contributed by atoms with Gasteiger partial charge >= 0.3 is 0 Å². The Hall–Kier alpha value is -1.67. The average molecular weight is 376 g/mol. The second kappa shape index (κ2) is 10.6. The van der Waals surface area contributed by atoms with Gasteiger partial charge in [-0.2, -0.15) is 0 Å². The summed E-state index contributed by atoms with van der Waals surface area (Å²) >= 11 is 0. The van der Waals surface area contributed by atoms with Crippen LogP contribution in [-0.2, 0) is 4.79 Å². The lowest BCUT2D eigenvalue weighted by molar-refractivity contribution is -0.122. The van der Waals surface area contributed by atoms with E-state index in [1.807, 2.05) is 12.1 Å². The molecule has 1 aromatic carbocycles. The van der Waals surface area contributed by atoms with Gasteiger partial charge in [-0.25, -0.2) is 10.9 Å². The zero-order valence-electron chi connectivity index (χ0n) is 16.3. The number of ether oxygens (including phenoxy) is 1. The number of methoxy groups -OCH3 is 1. The number of hydrogen-bond donors (Lipinski definition) is 4. The molecule has 3 rings (SSSR count). The van der Waals surface area contributed by atoms with Gasteiger partial charge in [0.2, 0.25) is 5.91 Å². The van der Waals surface area contributed by atoms with Gasteiger partial charge in [0.15, 0.2) is 0 Å². The minimum absolute atomic E-state index is 0.0266. The molecule has 7 heteroatoms. The molecule has 2 aliphatic heterocycles. The highest BCUT2D eigenvalue weighted by atomic mass is 16.5. The van der Waals surface area contributed by atoms with Gasteiger partial charge in [0.25, 0.3) is 0 Å². The monoisotopic (exact) mass is 375 g/mol. The predicted molar refractivity (Wildman–Crippen MR) is 106 cm³/mol. The standard InChI is InChI=1S/C20H33N5O2/c1-27-17-8-6-16(7-9-17)18-15-19(24-23-18)22-20(26)5-2-3-12-25-13-4-10-21-11-14-25/h6-9,18-19,21,23-24H,2-5,10-15H2,1H3,(H,22,26). The quantitative estimate of drug-likeness (QED) is 0.511. The number of nitrogens with zero attached hydrogens (tertiary/aromatic N) is 1. The summed E-state index contributed by atoms with van der Waals surface area (Å²) < 4.78 is 5.20. The summed E-state index contributed by atoms with van der Waals surface area (Å²) in [7, 11) is 1.67. The maximum absolute atomic E-state index is 12.2. The molecule has 150 valence electrons. The molecule has 1 aromatic rings. The maximum atomic E-state index is 12.2. The Morgan fingerprint density at radius 2 is 2.04 bits per heavy atom. The third-order valence-corrected chi connectivity index (χ3v) is 5.32. The lowest BCUT2D eigenvalue weighted by Gasteiger charge is -2.19. The Kier molecular flexibility index (Phi) is 7.89. The van der Waals surface area contributed by atoms with Gasteiger partial charge in [0, 0.05) is 32.0 Å². The molecule has 27 heavy (non-hydrogen) atoms. The van der Waals surface area contributed by atoms with Crippen LogP contribution in [0.4, 0.5) is 0 Å². The molecule has 0 aromatic heterocycles. The fourth-order valence-electron chi connectivity index (χ4n) is 3.72. The fraction of sp³-hybridized carbons (Fsp3) is 0.650. The number of nitrogens with one attached hydrogen (secondary N) is 4. The molecule has 2 fully saturated rings. The molecule has 4 N–H and O–H groups in total. The summed E-state index contributed by atoms with van der Waals surface area (Å²) in [6, 6.07) is 8.23. The normalized spacial score (nSPS) is 23.7. The number of unbranched alkanes of at least 4 members (excludes halogenated alkanes) is 1. The Balaban J connectivity index is 1.31. The van der Waals surface area contributed by atoms with E-state index in [4.69, 9.17) is 4.74 Å². The Bertz CT molecular complexity index is 572. The van der Waals surface area contributed by atoms with E-state index < -0.39 is 0 Å². The van der Waals surface area contributed by atoms with Gasteiger partial charge in [0.05, 0.1) is 13.3 Å². The molecule has 2 heterocycles. The number of carbonyl (C=O) groups excluding carboxylic acids is 1. The van der Waals surface area contributed by atoms with E-state index in [1.165, 1.54) is 18.5 Å².